The van der Waals surface area contributed by atoms with Crippen LogP contribution in [-0.2, 0) is 10.0 Å². The topological polar surface area (TPSA) is 64.6 Å². The molecule has 0 amide bonds. The highest BCUT2D eigenvalue weighted by Crippen LogP contribution is 2.30. The zero-order valence-electron chi connectivity index (χ0n) is 10.5. The van der Waals surface area contributed by atoms with Crippen molar-refractivity contribution < 1.29 is 17.9 Å². The van der Waals surface area contributed by atoms with Gasteiger partial charge in [0.05, 0.1) is 6.54 Å². The lowest BCUT2D eigenvalue weighted by Crippen LogP contribution is -2.40. The van der Waals surface area contributed by atoms with E-state index in [2.05, 4.69) is 4.72 Å². The fourth-order valence-corrected chi connectivity index (χ4v) is 3.96. The molecule has 0 saturated heterocycles. The smallest absolute Gasteiger partial charge is 0.250 e. The van der Waals surface area contributed by atoms with Crippen LogP contribution in [0.25, 0.3) is 0 Å². The van der Waals surface area contributed by atoms with E-state index in [-0.39, 0.29) is 12.6 Å². The second-order valence-corrected chi connectivity index (χ2v) is 7.22. The number of thiophene rings is 1. The maximum atomic E-state index is 12.0. The molecule has 0 spiro atoms. The third-order valence-electron chi connectivity index (χ3n) is 2.83. The van der Waals surface area contributed by atoms with Crippen LogP contribution in [0, 0.1) is 0 Å². The lowest BCUT2D eigenvalue weighted by atomic mass is 10.2. The van der Waals surface area contributed by atoms with Crippen LogP contribution in [-0.4, -0.2) is 27.7 Å². The van der Waals surface area contributed by atoms with Gasteiger partial charge in [-0.25, -0.2) is 13.1 Å². The molecule has 1 aromatic heterocycles. The molecule has 2 heterocycles. The first kappa shape index (κ1) is 13.4. The molecule has 7 heteroatoms. The molecule has 5 nitrogen and oxygen atoms in total. The van der Waals surface area contributed by atoms with Gasteiger partial charge in [0.15, 0.2) is 11.5 Å². The predicted molar refractivity (Wildman–Crippen MR) is 75.9 cm³/mol. The first-order valence-electron chi connectivity index (χ1n) is 6.07. The van der Waals surface area contributed by atoms with Crippen LogP contribution in [0.3, 0.4) is 0 Å². The third-order valence-corrected chi connectivity index (χ3v) is 5.65. The summed E-state index contributed by atoms with van der Waals surface area (Å²) >= 11 is 1.18. The van der Waals surface area contributed by atoms with E-state index in [1.807, 2.05) is 18.2 Å². The van der Waals surface area contributed by atoms with Gasteiger partial charge in [0.2, 0.25) is 10.0 Å². The number of benzene rings is 1. The molecule has 1 atom stereocenters. The molecule has 0 radical (unpaired) electrons. The Labute approximate surface area is 121 Å². The number of hydrogen-bond acceptors (Lipinski definition) is 5. The minimum Gasteiger partial charge on any atom is -0.486 e. The number of para-hydroxylation sites is 2. The number of rotatable bonds is 4. The van der Waals surface area contributed by atoms with Gasteiger partial charge in [-0.2, -0.15) is 0 Å². The van der Waals surface area contributed by atoms with E-state index >= 15 is 0 Å². The van der Waals surface area contributed by atoms with Crippen molar-refractivity contribution in [2.75, 3.05) is 13.2 Å². The van der Waals surface area contributed by atoms with Crippen molar-refractivity contribution in [3.8, 4) is 11.5 Å². The number of hydrogen-bond donors (Lipinski definition) is 1. The van der Waals surface area contributed by atoms with Crippen molar-refractivity contribution in [3.63, 3.8) is 0 Å². The molecule has 3 rings (SSSR count). The van der Waals surface area contributed by atoms with Gasteiger partial charge < -0.3 is 9.47 Å². The van der Waals surface area contributed by atoms with Gasteiger partial charge in [-0.05, 0) is 23.6 Å². The second kappa shape index (κ2) is 5.43. The van der Waals surface area contributed by atoms with Crippen LogP contribution in [0.2, 0.25) is 0 Å². The highest BCUT2D eigenvalue weighted by molar-refractivity contribution is 7.91. The van der Waals surface area contributed by atoms with Gasteiger partial charge in [0, 0.05) is 0 Å². The van der Waals surface area contributed by atoms with E-state index in [0.29, 0.717) is 22.3 Å². The quantitative estimate of drug-likeness (QED) is 0.936. The molecule has 1 aliphatic rings. The summed E-state index contributed by atoms with van der Waals surface area (Å²) in [7, 11) is -3.46. The molecule has 0 fully saturated rings. The van der Waals surface area contributed by atoms with E-state index in [0.717, 1.165) is 0 Å². The first-order valence-corrected chi connectivity index (χ1v) is 8.43. The zero-order chi connectivity index (χ0) is 14.0. The summed E-state index contributed by atoms with van der Waals surface area (Å²) < 4.78 is 38.0. The average Bonchev–Trinajstić information content (AvgIpc) is 3.00. The predicted octanol–water partition coefficient (Wildman–Crippen LogP) is 1.87. The molecule has 1 unspecified atom stereocenters. The molecule has 20 heavy (non-hydrogen) atoms. The van der Waals surface area contributed by atoms with Gasteiger partial charge in [0.25, 0.3) is 0 Å². The van der Waals surface area contributed by atoms with Gasteiger partial charge >= 0.3 is 0 Å². The Balaban J connectivity index is 1.63. The summed E-state index contributed by atoms with van der Waals surface area (Å²) in [6.07, 6.45) is -0.334. The van der Waals surface area contributed by atoms with E-state index in [1.165, 1.54) is 11.3 Å². The number of nitrogens with one attached hydrogen (secondary N) is 1. The SMILES string of the molecule is O=S(=O)(NCC1COc2ccccc2O1)c1cccs1. The minimum atomic E-state index is -3.46. The number of fused-ring (bicyclic) bond motifs is 1. The summed E-state index contributed by atoms with van der Waals surface area (Å²) in [6.45, 7) is 0.499. The van der Waals surface area contributed by atoms with Crippen LogP contribution < -0.4 is 14.2 Å². The van der Waals surface area contributed by atoms with Crippen molar-refractivity contribution in [3.05, 3.63) is 41.8 Å². The van der Waals surface area contributed by atoms with Crippen LogP contribution in [0.15, 0.2) is 46.0 Å². The maximum absolute atomic E-state index is 12.0. The van der Waals surface area contributed by atoms with Gasteiger partial charge in [-0.15, -0.1) is 11.3 Å². The monoisotopic (exact) mass is 311 g/mol. The van der Waals surface area contributed by atoms with E-state index in [9.17, 15) is 8.42 Å². The number of ether oxygens (including phenoxy) is 2. The summed E-state index contributed by atoms with van der Waals surface area (Å²) in [4.78, 5) is 0. The molecule has 106 valence electrons. The first-order chi connectivity index (χ1) is 9.65. The van der Waals surface area contributed by atoms with E-state index in [4.69, 9.17) is 9.47 Å². The zero-order valence-corrected chi connectivity index (χ0v) is 12.1. The Morgan fingerprint density at radius 3 is 2.75 bits per heavy atom. The minimum absolute atomic E-state index is 0.175. The summed E-state index contributed by atoms with van der Waals surface area (Å²) in [5, 5.41) is 1.73. The summed E-state index contributed by atoms with van der Waals surface area (Å²) in [5.41, 5.74) is 0. The molecule has 1 N–H and O–H groups in total. The second-order valence-electron chi connectivity index (χ2n) is 4.28. The van der Waals surface area contributed by atoms with Gasteiger partial charge in [0.1, 0.15) is 16.9 Å². The Kier molecular flexibility index (Phi) is 3.64. The van der Waals surface area contributed by atoms with Crippen LogP contribution in [0.4, 0.5) is 0 Å². The summed E-state index contributed by atoms with van der Waals surface area (Å²) in [6, 6.07) is 10.6. The van der Waals surface area contributed by atoms with Crippen molar-refractivity contribution in [1.29, 1.82) is 0 Å². The molecular weight excluding hydrogens is 298 g/mol. The molecule has 1 aliphatic heterocycles. The Hall–Kier alpha value is -1.57. The lowest BCUT2D eigenvalue weighted by Gasteiger charge is -2.26. The Morgan fingerprint density at radius 1 is 1.20 bits per heavy atom. The Bertz CT molecular complexity index is 682. The van der Waals surface area contributed by atoms with Gasteiger partial charge in [-0.3, -0.25) is 0 Å². The van der Waals surface area contributed by atoms with Crippen LogP contribution >= 0.6 is 11.3 Å². The molecule has 1 aromatic carbocycles. The van der Waals surface area contributed by atoms with E-state index in [1.54, 1.807) is 23.6 Å². The highest BCUT2D eigenvalue weighted by Gasteiger charge is 2.23. The molecule has 2 aromatic rings. The largest absolute Gasteiger partial charge is 0.486 e. The number of sulfonamides is 1. The van der Waals surface area contributed by atoms with Crippen molar-refractivity contribution in [2.24, 2.45) is 0 Å². The standard InChI is InChI=1S/C13H13NO4S2/c15-20(16,13-6-3-7-19-13)14-8-10-9-17-11-4-1-2-5-12(11)18-10/h1-7,10,14H,8-9H2. The molecule has 0 aliphatic carbocycles. The van der Waals surface area contributed by atoms with Crippen LogP contribution in [0.5, 0.6) is 11.5 Å². The lowest BCUT2D eigenvalue weighted by molar-refractivity contribution is 0.0943. The van der Waals surface area contributed by atoms with Crippen molar-refractivity contribution in [2.45, 2.75) is 10.3 Å². The van der Waals surface area contributed by atoms with Crippen LogP contribution in [0.1, 0.15) is 0 Å². The average molecular weight is 311 g/mol. The van der Waals surface area contributed by atoms with Gasteiger partial charge in [-0.1, -0.05) is 18.2 Å². The maximum Gasteiger partial charge on any atom is 0.250 e. The highest BCUT2D eigenvalue weighted by atomic mass is 32.2. The molecule has 0 bridgehead atoms. The summed E-state index contributed by atoms with van der Waals surface area (Å²) in [5.74, 6) is 1.32. The van der Waals surface area contributed by atoms with E-state index < -0.39 is 10.0 Å². The van der Waals surface area contributed by atoms with Crippen molar-refractivity contribution >= 4 is 21.4 Å². The third kappa shape index (κ3) is 2.79. The molecular formula is C13H13NO4S2. The molecule has 0 saturated carbocycles. The fraction of sp³-hybridized carbons (Fsp3) is 0.231. The normalized spacial score (nSPS) is 17.9. The fourth-order valence-electron chi connectivity index (χ4n) is 1.85. The Morgan fingerprint density at radius 2 is 2.00 bits per heavy atom. The van der Waals surface area contributed by atoms with Crippen molar-refractivity contribution in [1.82, 2.24) is 4.72 Å².